The van der Waals surface area contributed by atoms with E-state index in [1.54, 1.807) is 31.6 Å². The van der Waals surface area contributed by atoms with Crippen LogP contribution >= 0.6 is 0 Å². The number of aromatic nitrogens is 6. The summed E-state index contributed by atoms with van der Waals surface area (Å²) in [5.74, 6) is 0. The second kappa shape index (κ2) is 6.73. The van der Waals surface area contributed by atoms with Gasteiger partial charge in [0, 0.05) is 29.2 Å². The summed E-state index contributed by atoms with van der Waals surface area (Å²) in [6.07, 6.45) is 6.53. The molecule has 0 aromatic carbocycles. The third-order valence-corrected chi connectivity index (χ3v) is 4.49. The van der Waals surface area contributed by atoms with Gasteiger partial charge in [0.1, 0.15) is 11.2 Å². The zero-order valence-electron chi connectivity index (χ0n) is 14.9. The van der Waals surface area contributed by atoms with Gasteiger partial charge in [-0.3, -0.25) is 19.4 Å². The molecule has 0 aliphatic rings. The Balaban J connectivity index is 2.04. The Kier molecular flexibility index (Phi) is 4.25. The molecule has 0 amide bonds. The van der Waals surface area contributed by atoms with E-state index in [0.717, 1.165) is 16.8 Å². The van der Waals surface area contributed by atoms with Crippen LogP contribution in [-0.4, -0.2) is 41.4 Å². The summed E-state index contributed by atoms with van der Waals surface area (Å²) < 4.78 is 1.43. The molecule has 0 radical (unpaired) electrons. The van der Waals surface area contributed by atoms with E-state index in [9.17, 15) is 9.90 Å². The molecule has 0 aliphatic carbocycles. The molecule has 0 bridgehead atoms. The van der Waals surface area contributed by atoms with Gasteiger partial charge in [-0.05, 0) is 32.0 Å². The van der Waals surface area contributed by atoms with Crippen LogP contribution in [0.2, 0.25) is 0 Å². The SMILES string of the molecule is Cc1ccc(-c2cc3c(=O)n([C@@H](C)CO)cnc3c(-c3cn[nH]c3)n2)cn1. The van der Waals surface area contributed by atoms with Gasteiger partial charge in [-0.25, -0.2) is 9.97 Å². The normalized spacial score (nSPS) is 12.4. The number of rotatable bonds is 4. The van der Waals surface area contributed by atoms with Gasteiger partial charge >= 0.3 is 0 Å². The number of aliphatic hydroxyl groups is 1. The first-order chi connectivity index (χ1) is 13.1. The maximum absolute atomic E-state index is 13.0. The fourth-order valence-corrected chi connectivity index (χ4v) is 2.89. The number of nitrogens with zero attached hydrogens (tertiary/aromatic N) is 5. The zero-order valence-corrected chi connectivity index (χ0v) is 14.9. The standard InChI is InChI=1S/C19H18N6O2/c1-11-3-4-13(6-20-11)16-5-15-18(17(24-16)14-7-22-23-8-14)21-10-25(19(15)27)12(2)9-26/h3-8,10,12,26H,9H2,1-2H3,(H,22,23)/t12-/m0/s1. The van der Waals surface area contributed by atoms with Gasteiger partial charge in [-0.15, -0.1) is 0 Å². The first-order valence-corrected chi connectivity index (χ1v) is 8.53. The molecule has 1 atom stereocenters. The molecule has 4 aromatic rings. The molecule has 0 saturated carbocycles. The number of hydrogen-bond donors (Lipinski definition) is 2. The second-order valence-corrected chi connectivity index (χ2v) is 6.42. The molecule has 4 aromatic heterocycles. The van der Waals surface area contributed by atoms with Crippen LogP contribution in [-0.2, 0) is 0 Å². The molecule has 4 rings (SSSR count). The smallest absolute Gasteiger partial charge is 0.261 e. The number of nitrogens with one attached hydrogen (secondary N) is 1. The van der Waals surface area contributed by atoms with E-state index in [4.69, 9.17) is 4.98 Å². The number of H-pyrrole nitrogens is 1. The van der Waals surface area contributed by atoms with Crippen LogP contribution in [0.4, 0.5) is 0 Å². The van der Waals surface area contributed by atoms with Crippen molar-refractivity contribution in [3.05, 3.63) is 59.2 Å². The average molecular weight is 362 g/mol. The fourth-order valence-electron chi connectivity index (χ4n) is 2.89. The van der Waals surface area contributed by atoms with Gasteiger partial charge in [0.25, 0.3) is 5.56 Å². The fraction of sp³-hybridized carbons (Fsp3) is 0.211. The van der Waals surface area contributed by atoms with Crippen LogP contribution in [0.3, 0.4) is 0 Å². The predicted octanol–water partition coefficient (Wildman–Crippen LogP) is 2.11. The lowest BCUT2D eigenvalue weighted by molar-refractivity contribution is 0.236. The Morgan fingerprint density at radius 1 is 1.22 bits per heavy atom. The summed E-state index contributed by atoms with van der Waals surface area (Å²) in [6.45, 7) is 3.52. The third-order valence-electron chi connectivity index (χ3n) is 4.49. The van der Waals surface area contributed by atoms with Gasteiger partial charge in [-0.1, -0.05) is 0 Å². The van der Waals surface area contributed by atoms with Crippen LogP contribution in [0.1, 0.15) is 18.7 Å². The van der Waals surface area contributed by atoms with E-state index in [0.29, 0.717) is 22.3 Å². The average Bonchev–Trinajstić information content (AvgIpc) is 3.22. The molecule has 4 heterocycles. The van der Waals surface area contributed by atoms with Crippen molar-refractivity contribution in [1.82, 2.24) is 29.7 Å². The minimum Gasteiger partial charge on any atom is -0.394 e. The van der Waals surface area contributed by atoms with Crippen molar-refractivity contribution in [3.63, 3.8) is 0 Å². The molecule has 8 heteroatoms. The lowest BCUT2D eigenvalue weighted by Crippen LogP contribution is -2.25. The van der Waals surface area contributed by atoms with Gasteiger partial charge < -0.3 is 5.11 Å². The molecule has 27 heavy (non-hydrogen) atoms. The van der Waals surface area contributed by atoms with Gasteiger partial charge in [0.15, 0.2) is 0 Å². The lowest BCUT2D eigenvalue weighted by atomic mass is 10.1. The van der Waals surface area contributed by atoms with Crippen molar-refractivity contribution < 1.29 is 5.11 Å². The van der Waals surface area contributed by atoms with Crippen LogP contribution < -0.4 is 5.56 Å². The molecule has 0 fully saturated rings. The maximum atomic E-state index is 13.0. The van der Waals surface area contributed by atoms with Crippen molar-refractivity contribution in [2.75, 3.05) is 6.61 Å². The molecule has 2 N–H and O–H groups in total. The van der Waals surface area contributed by atoms with E-state index in [1.165, 1.54) is 10.9 Å². The maximum Gasteiger partial charge on any atom is 0.261 e. The highest BCUT2D eigenvalue weighted by Crippen LogP contribution is 2.28. The van der Waals surface area contributed by atoms with Crippen molar-refractivity contribution in [2.45, 2.75) is 19.9 Å². The summed E-state index contributed by atoms with van der Waals surface area (Å²) in [6, 6.07) is 5.17. The summed E-state index contributed by atoms with van der Waals surface area (Å²) in [4.78, 5) is 26.5. The summed E-state index contributed by atoms with van der Waals surface area (Å²) in [5.41, 5.74) is 3.90. The Bertz CT molecular complexity index is 1150. The summed E-state index contributed by atoms with van der Waals surface area (Å²) >= 11 is 0. The van der Waals surface area contributed by atoms with E-state index < -0.39 is 0 Å². The number of fused-ring (bicyclic) bond motifs is 1. The predicted molar refractivity (Wildman–Crippen MR) is 101 cm³/mol. The second-order valence-electron chi connectivity index (χ2n) is 6.42. The van der Waals surface area contributed by atoms with Crippen LogP contribution in [0.25, 0.3) is 33.4 Å². The first-order valence-electron chi connectivity index (χ1n) is 8.53. The van der Waals surface area contributed by atoms with Gasteiger partial charge in [0.05, 0.1) is 36.3 Å². The highest BCUT2D eigenvalue weighted by atomic mass is 16.3. The monoisotopic (exact) mass is 362 g/mol. The van der Waals surface area contributed by atoms with Crippen LogP contribution in [0.15, 0.2) is 47.9 Å². The van der Waals surface area contributed by atoms with E-state index in [1.807, 2.05) is 19.1 Å². The molecule has 0 spiro atoms. The van der Waals surface area contributed by atoms with Crippen LogP contribution in [0, 0.1) is 6.92 Å². The molecule has 0 aliphatic heterocycles. The number of aromatic amines is 1. The summed E-state index contributed by atoms with van der Waals surface area (Å²) in [5, 5.41) is 16.6. The van der Waals surface area contributed by atoms with E-state index >= 15 is 0 Å². The molecule has 0 saturated heterocycles. The summed E-state index contributed by atoms with van der Waals surface area (Å²) in [7, 11) is 0. The number of pyridine rings is 2. The van der Waals surface area contributed by atoms with E-state index in [2.05, 4.69) is 20.2 Å². The van der Waals surface area contributed by atoms with Crippen molar-refractivity contribution in [2.24, 2.45) is 0 Å². The Morgan fingerprint density at radius 2 is 2.07 bits per heavy atom. The first kappa shape index (κ1) is 17.0. The van der Waals surface area contributed by atoms with Crippen molar-refractivity contribution >= 4 is 10.9 Å². The highest BCUT2D eigenvalue weighted by Gasteiger charge is 2.17. The largest absolute Gasteiger partial charge is 0.394 e. The van der Waals surface area contributed by atoms with Gasteiger partial charge in [-0.2, -0.15) is 5.10 Å². The highest BCUT2D eigenvalue weighted by molar-refractivity contribution is 5.93. The topological polar surface area (TPSA) is 110 Å². The number of hydrogen-bond acceptors (Lipinski definition) is 6. The van der Waals surface area contributed by atoms with Crippen molar-refractivity contribution in [1.29, 1.82) is 0 Å². The van der Waals surface area contributed by atoms with E-state index in [-0.39, 0.29) is 18.2 Å². The quantitative estimate of drug-likeness (QED) is 0.575. The number of aliphatic hydroxyl groups excluding tert-OH is 1. The minimum atomic E-state index is -0.371. The Hall–Kier alpha value is -3.39. The Morgan fingerprint density at radius 3 is 2.74 bits per heavy atom. The van der Waals surface area contributed by atoms with Crippen LogP contribution in [0.5, 0.6) is 0 Å². The molecule has 0 unspecified atom stereocenters. The lowest BCUT2D eigenvalue weighted by Gasteiger charge is -2.14. The Labute approximate surface area is 154 Å². The van der Waals surface area contributed by atoms with Gasteiger partial charge in [0.2, 0.25) is 0 Å². The van der Waals surface area contributed by atoms with Crippen molar-refractivity contribution in [3.8, 4) is 22.5 Å². The molecular weight excluding hydrogens is 344 g/mol. The molecule has 136 valence electrons. The zero-order chi connectivity index (χ0) is 19.0. The third kappa shape index (κ3) is 3.00. The number of aryl methyl sites for hydroxylation is 1. The molecular formula is C19H18N6O2. The minimum absolute atomic E-state index is 0.151. The molecule has 8 nitrogen and oxygen atoms in total.